The molecule has 6 heteroatoms. The van der Waals surface area contributed by atoms with Gasteiger partial charge in [0.05, 0.1) is 10.5 Å². The molecule has 1 fully saturated rings. The van der Waals surface area contributed by atoms with Gasteiger partial charge in [-0.1, -0.05) is 18.1 Å². The Balaban J connectivity index is 1.88. The molecule has 3 rings (SSSR count). The molecule has 2 unspecified atom stereocenters. The molecule has 0 saturated carbocycles. The Kier molecular flexibility index (Phi) is 3.59. The molecule has 0 N–H and O–H groups in total. The molecule has 2 bridgehead atoms. The Morgan fingerprint density at radius 3 is 2.38 bits per heavy atom. The van der Waals surface area contributed by atoms with Crippen LogP contribution in [0.2, 0.25) is 0 Å². The van der Waals surface area contributed by atoms with Crippen LogP contribution in [0, 0.1) is 17.5 Å². The summed E-state index contributed by atoms with van der Waals surface area (Å²) in [6, 6.07) is 1.94. The van der Waals surface area contributed by atoms with Crippen molar-refractivity contribution in [1.82, 2.24) is 0 Å². The third-order valence-electron chi connectivity index (χ3n) is 4.29. The normalized spacial score (nSPS) is 27.3. The fourth-order valence-corrected chi connectivity index (χ4v) is 5.56. The quantitative estimate of drug-likeness (QED) is 0.620. The second-order valence-electron chi connectivity index (χ2n) is 5.76. The minimum Gasteiger partial charge on any atom is -0.228 e. The van der Waals surface area contributed by atoms with Gasteiger partial charge in [0.25, 0.3) is 0 Å². The molecule has 2 nitrogen and oxygen atoms in total. The first-order chi connectivity index (χ1) is 9.88. The number of allylic oxidation sites excluding steroid dienone is 1. The summed E-state index contributed by atoms with van der Waals surface area (Å²) in [5.41, 5.74) is 1.19. The molecule has 2 aliphatic heterocycles. The van der Waals surface area contributed by atoms with E-state index in [0.717, 1.165) is 24.1 Å². The van der Waals surface area contributed by atoms with E-state index >= 15 is 0 Å². The molecule has 0 aromatic heterocycles. The summed E-state index contributed by atoms with van der Waals surface area (Å²) in [4.78, 5) is 0. The van der Waals surface area contributed by atoms with Crippen molar-refractivity contribution in [2.45, 2.75) is 42.6 Å². The van der Waals surface area contributed by atoms with E-state index < -0.39 is 32.5 Å². The zero-order valence-electron chi connectivity index (χ0n) is 11.3. The summed E-state index contributed by atoms with van der Waals surface area (Å²) in [7, 11) is -3.10. The van der Waals surface area contributed by atoms with E-state index in [-0.39, 0.29) is 11.7 Å². The first kappa shape index (κ1) is 14.6. The summed E-state index contributed by atoms with van der Waals surface area (Å²) in [5, 5.41) is -0.860. The van der Waals surface area contributed by atoms with Crippen molar-refractivity contribution in [2.75, 3.05) is 0 Å². The standard InChI is InChI=1S/C15H15F3O2S/c16-13-7-10(8-14(17)15(13)18)4-9-5-11-2-1-3-12(6-9)21(11,19)20/h5,7-8,11-12H,1-4,6H2. The number of benzene rings is 1. The van der Waals surface area contributed by atoms with Gasteiger partial charge < -0.3 is 0 Å². The lowest BCUT2D eigenvalue weighted by molar-refractivity contribution is 0.445. The molecule has 114 valence electrons. The van der Waals surface area contributed by atoms with E-state index in [1.165, 1.54) is 0 Å². The predicted molar refractivity (Wildman–Crippen MR) is 73.1 cm³/mol. The van der Waals surface area contributed by atoms with Crippen LogP contribution in [0.5, 0.6) is 0 Å². The molecule has 0 aliphatic carbocycles. The fourth-order valence-electron chi connectivity index (χ4n) is 3.25. The van der Waals surface area contributed by atoms with Crippen molar-refractivity contribution in [3.8, 4) is 0 Å². The molecule has 1 aromatic carbocycles. The van der Waals surface area contributed by atoms with E-state index in [1.807, 2.05) is 0 Å². The van der Waals surface area contributed by atoms with E-state index in [4.69, 9.17) is 0 Å². The van der Waals surface area contributed by atoms with E-state index in [2.05, 4.69) is 0 Å². The summed E-state index contributed by atoms with van der Waals surface area (Å²) < 4.78 is 63.6. The van der Waals surface area contributed by atoms with Crippen LogP contribution in [-0.2, 0) is 16.3 Å². The summed E-state index contributed by atoms with van der Waals surface area (Å²) in [6.07, 6.45) is 4.51. The smallest absolute Gasteiger partial charge is 0.194 e. The van der Waals surface area contributed by atoms with Crippen LogP contribution in [0.4, 0.5) is 13.2 Å². The van der Waals surface area contributed by atoms with Gasteiger partial charge in [-0.15, -0.1) is 0 Å². The average molecular weight is 316 g/mol. The summed E-state index contributed by atoms with van der Waals surface area (Å²) in [6.45, 7) is 0. The van der Waals surface area contributed by atoms with Crippen LogP contribution >= 0.6 is 0 Å². The molecular weight excluding hydrogens is 301 g/mol. The van der Waals surface area contributed by atoms with Crippen LogP contribution in [-0.4, -0.2) is 18.9 Å². The summed E-state index contributed by atoms with van der Waals surface area (Å²) in [5.74, 6) is -3.90. The number of rotatable bonds is 2. The summed E-state index contributed by atoms with van der Waals surface area (Å²) >= 11 is 0. The molecule has 2 atom stereocenters. The lowest BCUT2D eigenvalue weighted by Gasteiger charge is -2.33. The van der Waals surface area contributed by atoms with E-state index in [9.17, 15) is 21.6 Å². The number of fused-ring (bicyclic) bond motifs is 2. The molecule has 0 radical (unpaired) electrons. The Bertz CT molecular complexity index is 687. The van der Waals surface area contributed by atoms with Crippen LogP contribution in [0.3, 0.4) is 0 Å². The van der Waals surface area contributed by atoms with Gasteiger partial charge in [0, 0.05) is 0 Å². The van der Waals surface area contributed by atoms with Crippen molar-refractivity contribution in [1.29, 1.82) is 0 Å². The highest BCUT2D eigenvalue weighted by Crippen LogP contribution is 2.36. The second-order valence-corrected chi connectivity index (χ2v) is 8.21. The highest BCUT2D eigenvalue weighted by molar-refractivity contribution is 7.92. The number of hydrogen-bond acceptors (Lipinski definition) is 2. The van der Waals surface area contributed by atoms with Gasteiger partial charge in [-0.2, -0.15) is 0 Å². The highest BCUT2D eigenvalue weighted by Gasteiger charge is 2.40. The first-order valence-electron chi connectivity index (χ1n) is 6.93. The van der Waals surface area contributed by atoms with Crippen molar-refractivity contribution in [3.63, 3.8) is 0 Å². The molecule has 1 aromatic rings. The third kappa shape index (κ3) is 2.61. The molecule has 21 heavy (non-hydrogen) atoms. The topological polar surface area (TPSA) is 34.1 Å². The molecule has 2 heterocycles. The van der Waals surface area contributed by atoms with E-state index in [0.29, 0.717) is 24.8 Å². The van der Waals surface area contributed by atoms with Crippen LogP contribution in [0.15, 0.2) is 23.8 Å². The average Bonchev–Trinajstić information content (AvgIpc) is 2.36. The van der Waals surface area contributed by atoms with Gasteiger partial charge in [0.1, 0.15) is 0 Å². The Morgan fingerprint density at radius 2 is 1.76 bits per heavy atom. The SMILES string of the molecule is O=S1(=O)C2C=C(Cc3cc(F)c(F)c(F)c3)CC1CCC2. The van der Waals surface area contributed by atoms with Gasteiger partial charge >= 0.3 is 0 Å². The lowest BCUT2D eigenvalue weighted by Crippen LogP contribution is -2.39. The molecular formula is C15H15F3O2S. The Hall–Kier alpha value is -1.30. The maximum absolute atomic E-state index is 13.2. The first-order valence-corrected chi connectivity index (χ1v) is 8.54. The zero-order chi connectivity index (χ0) is 15.2. The molecule has 2 aliphatic rings. The maximum atomic E-state index is 13.2. The monoisotopic (exact) mass is 316 g/mol. The number of halogens is 3. The number of sulfone groups is 1. The van der Waals surface area contributed by atoms with Crippen LogP contribution < -0.4 is 0 Å². The Labute approximate surface area is 121 Å². The minimum absolute atomic E-state index is 0.261. The highest BCUT2D eigenvalue weighted by atomic mass is 32.2. The van der Waals surface area contributed by atoms with Crippen molar-refractivity contribution >= 4 is 9.84 Å². The van der Waals surface area contributed by atoms with Gasteiger partial charge in [-0.3, -0.25) is 0 Å². The van der Waals surface area contributed by atoms with Crippen molar-refractivity contribution in [2.24, 2.45) is 0 Å². The largest absolute Gasteiger partial charge is 0.228 e. The molecule has 0 spiro atoms. The zero-order valence-corrected chi connectivity index (χ0v) is 12.1. The molecule has 1 saturated heterocycles. The maximum Gasteiger partial charge on any atom is 0.194 e. The van der Waals surface area contributed by atoms with Gasteiger partial charge in [0.15, 0.2) is 27.3 Å². The van der Waals surface area contributed by atoms with Gasteiger partial charge in [0.2, 0.25) is 0 Å². The Morgan fingerprint density at radius 1 is 1.10 bits per heavy atom. The van der Waals surface area contributed by atoms with E-state index in [1.54, 1.807) is 6.08 Å². The van der Waals surface area contributed by atoms with Crippen molar-refractivity contribution in [3.05, 3.63) is 46.8 Å². The second kappa shape index (κ2) is 5.16. The number of hydrogen-bond donors (Lipinski definition) is 0. The lowest BCUT2D eigenvalue weighted by atomic mass is 9.93. The molecule has 0 amide bonds. The van der Waals surface area contributed by atoms with Crippen LogP contribution in [0.1, 0.15) is 31.2 Å². The van der Waals surface area contributed by atoms with Gasteiger partial charge in [-0.25, -0.2) is 21.6 Å². The van der Waals surface area contributed by atoms with Crippen molar-refractivity contribution < 1.29 is 21.6 Å². The van der Waals surface area contributed by atoms with Gasteiger partial charge in [-0.05, 0) is 43.4 Å². The van der Waals surface area contributed by atoms with Crippen LogP contribution in [0.25, 0.3) is 0 Å². The minimum atomic E-state index is -3.10. The third-order valence-corrected chi connectivity index (χ3v) is 6.83. The predicted octanol–water partition coefficient (Wildman–Crippen LogP) is 3.31. The fraction of sp³-hybridized carbons (Fsp3) is 0.467.